The first-order valence-corrected chi connectivity index (χ1v) is 5.22. The Labute approximate surface area is 70.8 Å². The van der Waals surface area contributed by atoms with Gasteiger partial charge in [-0.25, -0.2) is 0 Å². The van der Waals surface area contributed by atoms with E-state index in [2.05, 4.69) is 44.2 Å². The maximum atomic E-state index is 2.31. The predicted octanol–water partition coefficient (Wildman–Crippen LogP) is 2.79. The highest BCUT2D eigenvalue weighted by Crippen LogP contribution is 2.19. The van der Waals surface area contributed by atoms with E-state index in [-0.39, 0.29) is 0 Å². The zero-order valence-electron chi connectivity index (χ0n) is 7.17. The summed E-state index contributed by atoms with van der Waals surface area (Å²) in [5.41, 5.74) is 0.845. The van der Waals surface area contributed by atoms with E-state index in [0.717, 1.165) is 14.2 Å². The molecule has 0 nitrogen and oxygen atoms in total. The molecule has 0 saturated heterocycles. The summed E-state index contributed by atoms with van der Waals surface area (Å²) in [7, 11) is 0.978. The van der Waals surface area contributed by atoms with Crippen molar-refractivity contribution in [2.24, 2.45) is 0 Å². The quantitative estimate of drug-likeness (QED) is 0.606. The average Bonchev–Trinajstić information content (AvgIpc) is 2.06. The summed E-state index contributed by atoms with van der Waals surface area (Å²) < 4.78 is 0. The highest BCUT2D eigenvalue weighted by Gasteiger charge is 1.98. The topological polar surface area (TPSA) is 0 Å². The molecule has 2 atom stereocenters. The third-order valence-electron chi connectivity index (χ3n) is 1.80. The minimum Gasteiger partial charge on any atom is -0.0875 e. The highest BCUT2D eigenvalue weighted by atomic mass is 31.1. The van der Waals surface area contributed by atoms with E-state index in [1.54, 1.807) is 0 Å². The molecule has 0 saturated carbocycles. The van der Waals surface area contributed by atoms with Crippen molar-refractivity contribution in [1.82, 2.24) is 0 Å². The number of benzene rings is 1. The van der Waals surface area contributed by atoms with E-state index < -0.39 is 0 Å². The molecule has 2 unspecified atom stereocenters. The molecule has 0 aliphatic carbocycles. The van der Waals surface area contributed by atoms with Crippen LogP contribution in [0.15, 0.2) is 30.3 Å². The minimum atomic E-state index is 0.845. The van der Waals surface area contributed by atoms with Crippen LogP contribution < -0.4 is 5.30 Å². The van der Waals surface area contributed by atoms with Gasteiger partial charge in [0.2, 0.25) is 0 Å². The van der Waals surface area contributed by atoms with Crippen LogP contribution in [0.4, 0.5) is 0 Å². The number of hydrogen-bond donors (Lipinski definition) is 0. The molecule has 0 fully saturated rings. The second-order valence-electron chi connectivity index (χ2n) is 2.82. The SMILES string of the molecule is CCC(C)Pc1ccccc1. The Balaban J connectivity index is 2.51. The molecule has 0 spiro atoms. The molecule has 1 aromatic rings. The molecule has 0 bridgehead atoms. The van der Waals surface area contributed by atoms with Gasteiger partial charge in [-0.3, -0.25) is 0 Å². The fourth-order valence-electron chi connectivity index (χ4n) is 0.921. The van der Waals surface area contributed by atoms with E-state index in [4.69, 9.17) is 0 Å². The maximum absolute atomic E-state index is 2.31. The Bertz CT molecular complexity index is 193. The summed E-state index contributed by atoms with van der Waals surface area (Å²) >= 11 is 0. The van der Waals surface area contributed by atoms with Crippen molar-refractivity contribution in [2.75, 3.05) is 0 Å². The van der Waals surface area contributed by atoms with Gasteiger partial charge in [0.05, 0.1) is 0 Å². The summed E-state index contributed by atoms with van der Waals surface area (Å²) in [5.74, 6) is 0. The first-order valence-electron chi connectivity index (χ1n) is 4.14. The minimum absolute atomic E-state index is 0.845. The van der Waals surface area contributed by atoms with Crippen LogP contribution in [-0.2, 0) is 0 Å². The molecule has 0 aliphatic rings. The van der Waals surface area contributed by atoms with Gasteiger partial charge in [0.1, 0.15) is 0 Å². The van der Waals surface area contributed by atoms with Gasteiger partial charge < -0.3 is 0 Å². The van der Waals surface area contributed by atoms with E-state index in [9.17, 15) is 0 Å². The lowest BCUT2D eigenvalue weighted by Crippen LogP contribution is -1.99. The molecule has 0 N–H and O–H groups in total. The fourth-order valence-corrected chi connectivity index (χ4v) is 2.08. The third kappa shape index (κ3) is 3.03. The normalized spacial score (nSPS) is 14.0. The van der Waals surface area contributed by atoms with Crippen LogP contribution in [0.3, 0.4) is 0 Å². The highest BCUT2D eigenvalue weighted by molar-refractivity contribution is 7.47. The van der Waals surface area contributed by atoms with Crippen LogP contribution in [-0.4, -0.2) is 5.66 Å². The lowest BCUT2D eigenvalue weighted by atomic mass is 10.4. The van der Waals surface area contributed by atoms with Crippen LogP contribution in [0.1, 0.15) is 20.3 Å². The Morgan fingerprint density at radius 2 is 1.91 bits per heavy atom. The van der Waals surface area contributed by atoms with Crippen molar-refractivity contribution >= 4 is 13.9 Å². The van der Waals surface area contributed by atoms with Gasteiger partial charge in [0.15, 0.2) is 0 Å². The van der Waals surface area contributed by atoms with E-state index in [1.807, 2.05) is 0 Å². The Morgan fingerprint density at radius 3 is 2.45 bits per heavy atom. The molecular weight excluding hydrogens is 151 g/mol. The molecule has 0 amide bonds. The standard InChI is InChI=1S/C10H15P/c1-3-9(2)11-10-7-5-4-6-8-10/h4-9,11H,3H2,1-2H3. The zero-order chi connectivity index (χ0) is 8.10. The first-order chi connectivity index (χ1) is 5.33. The van der Waals surface area contributed by atoms with Crippen molar-refractivity contribution in [3.8, 4) is 0 Å². The summed E-state index contributed by atoms with van der Waals surface area (Å²) in [4.78, 5) is 0. The largest absolute Gasteiger partial charge is 0.0875 e. The van der Waals surface area contributed by atoms with Crippen molar-refractivity contribution in [3.05, 3.63) is 30.3 Å². The molecule has 1 rings (SSSR count). The van der Waals surface area contributed by atoms with Crippen molar-refractivity contribution in [1.29, 1.82) is 0 Å². The molecule has 1 heteroatoms. The number of hydrogen-bond acceptors (Lipinski definition) is 0. The molecule has 0 radical (unpaired) electrons. The van der Waals surface area contributed by atoms with Crippen LogP contribution in [0, 0.1) is 0 Å². The summed E-state index contributed by atoms with van der Waals surface area (Å²) in [6, 6.07) is 10.7. The van der Waals surface area contributed by atoms with Crippen LogP contribution in [0.5, 0.6) is 0 Å². The zero-order valence-corrected chi connectivity index (χ0v) is 8.17. The summed E-state index contributed by atoms with van der Waals surface area (Å²) in [6.45, 7) is 4.56. The smallest absolute Gasteiger partial charge is 0.0227 e. The first kappa shape index (κ1) is 8.74. The van der Waals surface area contributed by atoms with Crippen molar-refractivity contribution < 1.29 is 0 Å². The summed E-state index contributed by atoms with van der Waals surface area (Å²) in [5, 5.41) is 1.49. The molecular formula is C10H15P. The van der Waals surface area contributed by atoms with E-state index >= 15 is 0 Å². The van der Waals surface area contributed by atoms with Gasteiger partial charge in [-0.05, 0) is 17.4 Å². The van der Waals surface area contributed by atoms with Gasteiger partial charge in [-0.1, -0.05) is 52.8 Å². The number of rotatable bonds is 3. The summed E-state index contributed by atoms with van der Waals surface area (Å²) in [6.07, 6.45) is 1.29. The average molecular weight is 166 g/mol. The lowest BCUT2D eigenvalue weighted by Gasteiger charge is -2.07. The molecule has 60 valence electrons. The third-order valence-corrected chi connectivity index (χ3v) is 3.37. The van der Waals surface area contributed by atoms with Crippen LogP contribution >= 0.6 is 8.58 Å². The van der Waals surface area contributed by atoms with Gasteiger partial charge in [0, 0.05) is 0 Å². The maximum Gasteiger partial charge on any atom is -0.0227 e. The molecule has 0 heterocycles. The Hall–Kier alpha value is -0.350. The second-order valence-corrected chi connectivity index (χ2v) is 4.67. The molecule has 0 aromatic heterocycles. The Morgan fingerprint density at radius 1 is 1.27 bits per heavy atom. The second kappa shape index (κ2) is 4.51. The molecule has 1 aromatic carbocycles. The lowest BCUT2D eigenvalue weighted by molar-refractivity contribution is 0.904. The fraction of sp³-hybridized carbons (Fsp3) is 0.400. The predicted molar refractivity (Wildman–Crippen MR) is 54.1 cm³/mol. The van der Waals surface area contributed by atoms with Crippen LogP contribution in [0.25, 0.3) is 0 Å². The van der Waals surface area contributed by atoms with Gasteiger partial charge in [-0.15, -0.1) is 0 Å². The van der Waals surface area contributed by atoms with Gasteiger partial charge >= 0.3 is 0 Å². The van der Waals surface area contributed by atoms with Crippen LogP contribution in [0.2, 0.25) is 0 Å². The molecule has 0 aliphatic heterocycles. The molecule has 11 heavy (non-hydrogen) atoms. The van der Waals surface area contributed by atoms with E-state index in [0.29, 0.717) is 0 Å². The van der Waals surface area contributed by atoms with Crippen molar-refractivity contribution in [2.45, 2.75) is 25.9 Å². The van der Waals surface area contributed by atoms with Gasteiger partial charge in [-0.2, -0.15) is 0 Å². The van der Waals surface area contributed by atoms with Gasteiger partial charge in [0.25, 0.3) is 0 Å². The van der Waals surface area contributed by atoms with E-state index in [1.165, 1.54) is 11.7 Å². The van der Waals surface area contributed by atoms with Crippen molar-refractivity contribution in [3.63, 3.8) is 0 Å². The monoisotopic (exact) mass is 166 g/mol. The Kier molecular flexibility index (Phi) is 3.59.